The van der Waals surface area contributed by atoms with E-state index in [2.05, 4.69) is 20.9 Å². The van der Waals surface area contributed by atoms with Crippen molar-refractivity contribution in [3.8, 4) is 0 Å². The fourth-order valence-electron chi connectivity index (χ4n) is 3.62. The van der Waals surface area contributed by atoms with Crippen molar-refractivity contribution in [1.29, 1.82) is 0 Å². The van der Waals surface area contributed by atoms with Gasteiger partial charge in [-0.05, 0) is 31.0 Å². The number of anilines is 1. The zero-order chi connectivity index (χ0) is 17.2. The predicted molar refractivity (Wildman–Crippen MR) is 96.4 cm³/mol. The zero-order valence-electron chi connectivity index (χ0n) is 14.1. The van der Waals surface area contributed by atoms with Crippen LogP contribution in [0.15, 0.2) is 41.0 Å². The van der Waals surface area contributed by atoms with Crippen LogP contribution in [0.4, 0.5) is 5.95 Å². The van der Waals surface area contributed by atoms with Crippen molar-refractivity contribution in [2.75, 3.05) is 5.32 Å². The number of carbonyl (C=O) groups excluding carboxylic acids is 1. The van der Waals surface area contributed by atoms with E-state index in [4.69, 9.17) is 10.2 Å². The Kier molecular flexibility index (Phi) is 4.28. The molecular formula is C19H22N4O2. The van der Waals surface area contributed by atoms with E-state index in [0.717, 1.165) is 23.9 Å². The number of fused-ring (bicyclic) bond motifs is 1. The molecule has 1 aromatic carbocycles. The first-order valence-electron chi connectivity index (χ1n) is 8.82. The van der Waals surface area contributed by atoms with E-state index in [9.17, 15) is 4.79 Å². The Hall–Kier alpha value is -2.60. The summed E-state index contributed by atoms with van der Waals surface area (Å²) in [6.45, 7) is 0.272. The van der Waals surface area contributed by atoms with Crippen LogP contribution in [0.5, 0.6) is 0 Å². The first-order chi connectivity index (χ1) is 12.3. The summed E-state index contributed by atoms with van der Waals surface area (Å²) in [4.78, 5) is 17.2. The van der Waals surface area contributed by atoms with Crippen molar-refractivity contribution in [2.45, 2.75) is 44.7 Å². The van der Waals surface area contributed by atoms with Crippen molar-refractivity contribution >= 4 is 22.9 Å². The molecule has 1 aliphatic rings. The number of hydrogen-bond acceptors (Lipinski definition) is 4. The van der Waals surface area contributed by atoms with Crippen LogP contribution in [0.1, 0.15) is 54.3 Å². The van der Waals surface area contributed by atoms with E-state index in [-0.39, 0.29) is 12.5 Å². The Morgan fingerprint density at radius 3 is 2.84 bits per heavy atom. The van der Waals surface area contributed by atoms with Gasteiger partial charge < -0.3 is 14.7 Å². The van der Waals surface area contributed by atoms with Gasteiger partial charge in [-0.1, -0.05) is 31.4 Å². The molecule has 1 fully saturated rings. The largest absolute Gasteiger partial charge is 0.467 e. The molecule has 0 spiro atoms. The summed E-state index contributed by atoms with van der Waals surface area (Å²) in [5.41, 5.74) is 7.98. The first kappa shape index (κ1) is 15.9. The SMILES string of the molecule is NCc1cc(C(=O)Nc2nc3ccccc3n2C2CCCCC2)co1. The van der Waals surface area contributed by atoms with E-state index in [0.29, 0.717) is 23.3 Å². The van der Waals surface area contributed by atoms with Crippen LogP contribution in [0.2, 0.25) is 0 Å². The number of nitrogens with two attached hydrogens (primary N) is 1. The monoisotopic (exact) mass is 338 g/mol. The lowest BCUT2D eigenvalue weighted by Crippen LogP contribution is -2.19. The molecular weight excluding hydrogens is 316 g/mol. The van der Waals surface area contributed by atoms with Gasteiger partial charge in [0, 0.05) is 6.04 Å². The smallest absolute Gasteiger partial charge is 0.261 e. The number of rotatable bonds is 4. The van der Waals surface area contributed by atoms with E-state index in [1.807, 2.05) is 18.2 Å². The second-order valence-corrected chi connectivity index (χ2v) is 6.55. The average Bonchev–Trinajstić information content (AvgIpc) is 3.26. The molecule has 25 heavy (non-hydrogen) atoms. The van der Waals surface area contributed by atoms with Gasteiger partial charge in [0.05, 0.1) is 23.1 Å². The summed E-state index contributed by atoms with van der Waals surface area (Å²) in [6.07, 6.45) is 7.38. The third kappa shape index (κ3) is 3.05. The van der Waals surface area contributed by atoms with Gasteiger partial charge in [0.1, 0.15) is 12.0 Å². The minimum absolute atomic E-state index is 0.226. The normalized spacial score (nSPS) is 15.6. The van der Waals surface area contributed by atoms with Gasteiger partial charge in [-0.3, -0.25) is 10.1 Å². The third-order valence-electron chi connectivity index (χ3n) is 4.88. The van der Waals surface area contributed by atoms with Gasteiger partial charge in [0.2, 0.25) is 5.95 Å². The Morgan fingerprint density at radius 2 is 2.08 bits per heavy atom. The topological polar surface area (TPSA) is 86.1 Å². The molecule has 0 radical (unpaired) electrons. The number of aromatic nitrogens is 2. The lowest BCUT2D eigenvalue weighted by molar-refractivity contribution is 0.102. The van der Waals surface area contributed by atoms with Crippen LogP contribution in [0.25, 0.3) is 11.0 Å². The van der Waals surface area contributed by atoms with Crippen LogP contribution in [0.3, 0.4) is 0 Å². The highest BCUT2D eigenvalue weighted by Crippen LogP contribution is 2.34. The van der Waals surface area contributed by atoms with E-state index in [1.54, 1.807) is 6.07 Å². The van der Waals surface area contributed by atoms with E-state index >= 15 is 0 Å². The lowest BCUT2D eigenvalue weighted by atomic mass is 9.95. The van der Waals surface area contributed by atoms with Crippen LogP contribution < -0.4 is 11.1 Å². The highest BCUT2D eigenvalue weighted by molar-refractivity contribution is 6.04. The number of furan rings is 1. The van der Waals surface area contributed by atoms with Gasteiger partial charge in [0.15, 0.2) is 0 Å². The fraction of sp³-hybridized carbons (Fsp3) is 0.368. The summed E-state index contributed by atoms with van der Waals surface area (Å²) < 4.78 is 7.46. The summed E-state index contributed by atoms with van der Waals surface area (Å²) in [6, 6.07) is 10.1. The number of hydrogen-bond donors (Lipinski definition) is 2. The Labute approximate surface area is 146 Å². The molecule has 0 saturated heterocycles. The lowest BCUT2D eigenvalue weighted by Gasteiger charge is -2.25. The molecule has 1 saturated carbocycles. The second kappa shape index (κ2) is 6.72. The summed E-state index contributed by atoms with van der Waals surface area (Å²) in [5, 5.41) is 2.96. The molecule has 6 nitrogen and oxygen atoms in total. The fourth-order valence-corrected chi connectivity index (χ4v) is 3.62. The number of para-hydroxylation sites is 2. The molecule has 0 unspecified atom stereocenters. The second-order valence-electron chi connectivity index (χ2n) is 6.55. The number of nitrogens with zero attached hydrogens (tertiary/aromatic N) is 2. The summed E-state index contributed by atoms with van der Waals surface area (Å²) in [5.74, 6) is 0.968. The molecule has 2 heterocycles. The molecule has 3 aromatic rings. The highest BCUT2D eigenvalue weighted by Gasteiger charge is 2.23. The van der Waals surface area contributed by atoms with Crippen molar-refractivity contribution in [1.82, 2.24) is 9.55 Å². The third-order valence-corrected chi connectivity index (χ3v) is 4.88. The first-order valence-corrected chi connectivity index (χ1v) is 8.82. The number of amides is 1. The van der Waals surface area contributed by atoms with Gasteiger partial charge in [-0.25, -0.2) is 4.98 Å². The van der Waals surface area contributed by atoms with Crippen molar-refractivity contribution < 1.29 is 9.21 Å². The number of imidazole rings is 1. The molecule has 4 rings (SSSR count). The van der Waals surface area contributed by atoms with Gasteiger partial charge >= 0.3 is 0 Å². The highest BCUT2D eigenvalue weighted by atomic mass is 16.3. The predicted octanol–water partition coefficient (Wildman–Crippen LogP) is 3.85. The number of benzene rings is 1. The van der Waals surface area contributed by atoms with Crippen molar-refractivity contribution in [2.24, 2.45) is 5.73 Å². The number of nitrogens with one attached hydrogen (secondary N) is 1. The van der Waals surface area contributed by atoms with E-state index in [1.165, 1.54) is 25.5 Å². The zero-order valence-corrected chi connectivity index (χ0v) is 14.1. The minimum Gasteiger partial charge on any atom is -0.467 e. The molecule has 0 bridgehead atoms. The maximum absolute atomic E-state index is 12.6. The van der Waals surface area contributed by atoms with Crippen LogP contribution in [-0.2, 0) is 6.54 Å². The summed E-state index contributed by atoms with van der Waals surface area (Å²) in [7, 11) is 0. The van der Waals surface area contributed by atoms with Gasteiger partial charge in [0.25, 0.3) is 5.91 Å². The van der Waals surface area contributed by atoms with E-state index < -0.39 is 0 Å². The Bertz CT molecular complexity index is 890. The Balaban J connectivity index is 1.69. The molecule has 1 amide bonds. The molecule has 0 atom stereocenters. The average molecular weight is 338 g/mol. The summed E-state index contributed by atoms with van der Waals surface area (Å²) >= 11 is 0. The quantitative estimate of drug-likeness (QED) is 0.756. The van der Waals surface area contributed by atoms with Crippen LogP contribution in [-0.4, -0.2) is 15.5 Å². The molecule has 0 aliphatic heterocycles. The minimum atomic E-state index is -0.226. The Morgan fingerprint density at radius 1 is 1.28 bits per heavy atom. The van der Waals surface area contributed by atoms with Crippen LogP contribution >= 0.6 is 0 Å². The maximum Gasteiger partial charge on any atom is 0.261 e. The van der Waals surface area contributed by atoms with Crippen LogP contribution in [0, 0.1) is 0 Å². The maximum atomic E-state index is 12.6. The molecule has 1 aliphatic carbocycles. The molecule has 130 valence electrons. The molecule has 6 heteroatoms. The van der Waals surface area contributed by atoms with Gasteiger partial charge in [-0.2, -0.15) is 0 Å². The standard InChI is InChI=1S/C19H22N4O2/c20-11-15-10-13(12-25-15)18(24)22-19-21-16-8-4-5-9-17(16)23(19)14-6-2-1-3-7-14/h4-5,8-10,12,14H,1-3,6-7,11,20H2,(H,21,22,24). The van der Waals surface area contributed by atoms with Crippen molar-refractivity contribution in [3.05, 3.63) is 47.9 Å². The van der Waals surface area contributed by atoms with Gasteiger partial charge in [-0.15, -0.1) is 0 Å². The van der Waals surface area contributed by atoms with Crippen molar-refractivity contribution in [3.63, 3.8) is 0 Å². The molecule has 2 aromatic heterocycles. The molecule has 3 N–H and O–H groups in total. The number of carbonyl (C=O) groups is 1.